The Hall–Kier alpha value is -1.87. The number of unbranched alkanes of at least 4 members (excludes halogenated alkanes) is 2. The molecule has 0 amide bonds. The van der Waals surface area contributed by atoms with Crippen LogP contribution in [0.15, 0.2) is 71.0 Å². The fourth-order valence-electron chi connectivity index (χ4n) is 2.06. The molecule has 0 unspecified atom stereocenters. The highest BCUT2D eigenvalue weighted by molar-refractivity contribution is 7.94. The van der Waals surface area contributed by atoms with E-state index in [0.29, 0.717) is 4.90 Å². The molecule has 0 spiro atoms. The Morgan fingerprint density at radius 1 is 0.905 bits per heavy atom. The Morgan fingerprint density at radius 3 is 2.14 bits per heavy atom. The van der Waals surface area contributed by atoms with E-state index in [1.54, 1.807) is 18.2 Å². The van der Waals surface area contributed by atoms with Crippen molar-refractivity contribution in [2.24, 2.45) is 0 Å². The van der Waals surface area contributed by atoms with E-state index in [4.69, 9.17) is 0 Å². The van der Waals surface area contributed by atoms with Gasteiger partial charge in [-0.05, 0) is 29.7 Å². The van der Waals surface area contributed by atoms with Gasteiger partial charge in [0.15, 0.2) is 9.84 Å². The highest BCUT2D eigenvalue weighted by Crippen LogP contribution is 2.21. The Kier molecular flexibility index (Phi) is 5.34. The second-order valence-electron chi connectivity index (χ2n) is 4.95. The van der Waals surface area contributed by atoms with Gasteiger partial charge in [0.2, 0.25) is 0 Å². The number of rotatable bonds is 6. The lowest BCUT2D eigenvalue weighted by Gasteiger charge is -2.03. The zero-order valence-electron chi connectivity index (χ0n) is 12.2. The average Bonchev–Trinajstić information content (AvgIpc) is 2.53. The lowest BCUT2D eigenvalue weighted by molar-refractivity contribution is 0.604. The summed E-state index contributed by atoms with van der Waals surface area (Å²) in [6, 6.07) is 17.0. The van der Waals surface area contributed by atoms with Crippen LogP contribution in [-0.4, -0.2) is 8.42 Å². The van der Waals surface area contributed by atoms with Crippen molar-refractivity contribution in [1.82, 2.24) is 0 Å². The van der Waals surface area contributed by atoms with Gasteiger partial charge in [-0.2, -0.15) is 0 Å². The maximum Gasteiger partial charge on any atom is 0.199 e. The molecule has 3 heteroatoms. The molecule has 0 aromatic heterocycles. The fraction of sp³-hybridized carbons (Fsp3) is 0.222. The number of allylic oxidation sites excluding steroid dienone is 1. The molecule has 0 aliphatic heterocycles. The van der Waals surface area contributed by atoms with Crippen molar-refractivity contribution in [3.63, 3.8) is 0 Å². The summed E-state index contributed by atoms with van der Waals surface area (Å²) in [6.07, 6.45) is 4.62. The SMILES string of the molecule is CCCCC=CS(=O)(=O)c1ccc(-c2ccccc2)cc1. The highest BCUT2D eigenvalue weighted by Gasteiger charge is 2.09. The Balaban J connectivity index is 2.17. The van der Waals surface area contributed by atoms with Gasteiger partial charge in [-0.3, -0.25) is 0 Å². The molecule has 2 nitrogen and oxygen atoms in total. The molecule has 2 aromatic carbocycles. The molecule has 0 saturated heterocycles. The van der Waals surface area contributed by atoms with E-state index >= 15 is 0 Å². The lowest BCUT2D eigenvalue weighted by Crippen LogP contribution is -1.96. The molecule has 0 fully saturated rings. The zero-order valence-corrected chi connectivity index (χ0v) is 13.0. The molecule has 0 heterocycles. The standard InChI is InChI=1S/C18H20O2S/c1-2-3-4-8-15-21(19,20)18-13-11-17(12-14-18)16-9-6-5-7-10-16/h5-15H,2-4H2,1H3. The van der Waals surface area contributed by atoms with Crippen molar-refractivity contribution in [3.05, 3.63) is 66.1 Å². The molecule has 110 valence electrons. The summed E-state index contributed by atoms with van der Waals surface area (Å²) in [4.78, 5) is 0.343. The summed E-state index contributed by atoms with van der Waals surface area (Å²) in [5.41, 5.74) is 2.10. The number of benzene rings is 2. The second-order valence-corrected chi connectivity index (χ2v) is 6.78. The van der Waals surface area contributed by atoms with Crippen LogP contribution in [0.4, 0.5) is 0 Å². The van der Waals surface area contributed by atoms with Gasteiger partial charge in [0, 0.05) is 5.41 Å². The van der Waals surface area contributed by atoms with Crippen molar-refractivity contribution in [2.75, 3.05) is 0 Å². The minimum absolute atomic E-state index is 0.343. The molecule has 0 aliphatic rings. The normalized spacial score (nSPS) is 11.9. The fourth-order valence-corrected chi connectivity index (χ4v) is 3.12. The Morgan fingerprint density at radius 2 is 1.52 bits per heavy atom. The minimum atomic E-state index is -3.32. The molecule has 0 saturated carbocycles. The van der Waals surface area contributed by atoms with E-state index in [1.807, 2.05) is 42.5 Å². The monoisotopic (exact) mass is 300 g/mol. The van der Waals surface area contributed by atoms with Crippen LogP contribution in [0.2, 0.25) is 0 Å². The summed E-state index contributed by atoms with van der Waals surface area (Å²) in [5, 5.41) is 1.32. The van der Waals surface area contributed by atoms with E-state index in [1.165, 1.54) is 5.41 Å². The van der Waals surface area contributed by atoms with Crippen LogP contribution in [0.5, 0.6) is 0 Å². The van der Waals surface area contributed by atoms with Gasteiger partial charge in [-0.25, -0.2) is 8.42 Å². The summed E-state index contributed by atoms with van der Waals surface area (Å²) < 4.78 is 24.3. The number of hydrogen-bond acceptors (Lipinski definition) is 2. The topological polar surface area (TPSA) is 34.1 Å². The molecule has 0 radical (unpaired) electrons. The van der Waals surface area contributed by atoms with Crippen molar-refractivity contribution < 1.29 is 8.42 Å². The third-order valence-corrected chi connectivity index (χ3v) is 4.77. The highest BCUT2D eigenvalue weighted by atomic mass is 32.2. The van der Waals surface area contributed by atoms with Crippen LogP contribution >= 0.6 is 0 Å². The number of sulfone groups is 1. The average molecular weight is 300 g/mol. The van der Waals surface area contributed by atoms with Crippen LogP contribution in [0, 0.1) is 0 Å². The summed E-state index contributed by atoms with van der Waals surface area (Å²) in [7, 11) is -3.32. The van der Waals surface area contributed by atoms with Crippen LogP contribution in [0.25, 0.3) is 11.1 Å². The molecule has 0 aliphatic carbocycles. The molecule has 2 aromatic rings. The predicted octanol–water partition coefficient (Wildman–Crippen LogP) is 4.83. The first kappa shape index (κ1) is 15.5. The first-order valence-corrected chi connectivity index (χ1v) is 8.75. The van der Waals surface area contributed by atoms with Gasteiger partial charge in [-0.1, -0.05) is 68.3 Å². The first-order chi connectivity index (χ1) is 10.1. The van der Waals surface area contributed by atoms with Gasteiger partial charge in [0.1, 0.15) is 0 Å². The Labute approximate surface area is 127 Å². The summed E-state index contributed by atoms with van der Waals surface area (Å²) >= 11 is 0. The van der Waals surface area contributed by atoms with Crippen molar-refractivity contribution >= 4 is 9.84 Å². The van der Waals surface area contributed by atoms with Gasteiger partial charge in [0.25, 0.3) is 0 Å². The van der Waals surface area contributed by atoms with Crippen molar-refractivity contribution in [2.45, 2.75) is 31.1 Å². The quantitative estimate of drug-likeness (QED) is 0.716. The lowest BCUT2D eigenvalue weighted by atomic mass is 10.1. The van der Waals surface area contributed by atoms with Crippen LogP contribution in [0.3, 0.4) is 0 Å². The van der Waals surface area contributed by atoms with E-state index in [9.17, 15) is 8.42 Å². The summed E-state index contributed by atoms with van der Waals surface area (Å²) in [5.74, 6) is 0. The van der Waals surface area contributed by atoms with E-state index in [2.05, 4.69) is 6.92 Å². The zero-order chi connectivity index (χ0) is 15.1. The molecule has 0 bridgehead atoms. The smallest absolute Gasteiger partial charge is 0.199 e. The van der Waals surface area contributed by atoms with Gasteiger partial charge in [-0.15, -0.1) is 0 Å². The largest absolute Gasteiger partial charge is 0.219 e. The molecular weight excluding hydrogens is 280 g/mol. The Bertz CT molecular complexity index is 684. The third-order valence-electron chi connectivity index (χ3n) is 3.29. The molecule has 21 heavy (non-hydrogen) atoms. The first-order valence-electron chi connectivity index (χ1n) is 7.20. The van der Waals surface area contributed by atoms with E-state index in [0.717, 1.165) is 30.4 Å². The van der Waals surface area contributed by atoms with Gasteiger partial charge >= 0.3 is 0 Å². The van der Waals surface area contributed by atoms with Gasteiger partial charge < -0.3 is 0 Å². The molecule has 2 rings (SSSR count). The summed E-state index contributed by atoms with van der Waals surface area (Å²) in [6.45, 7) is 2.09. The van der Waals surface area contributed by atoms with Crippen LogP contribution in [-0.2, 0) is 9.84 Å². The second kappa shape index (κ2) is 7.23. The van der Waals surface area contributed by atoms with Crippen molar-refractivity contribution in [3.8, 4) is 11.1 Å². The van der Waals surface area contributed by atoms with Crippen LogP contribution < -0.4 is 0 Å². The van der Waals surface area contributed by atoms with E-state index < -0.39 is 9.84 Å². The van der Waals surface area contributed by atoms with Crippen LogP contribution in [0.1, 0.15) is 26.2 Å². The minimum Gasteiger partial charge on any atom is -0.219 e. The molecular formula is C18H20O2S. The third kappa shape index (κ3) is 4.30. The maximum atomic E-state index is 12.2. The molecule has 0 N–H and O–H groups in total. The predicted molar refractivity (Wildman–Crippen MR) is 87.7 cm³/mol. The van der Waals surface area contributed by atoms with Crippen molar-refractivity contribution in [1.29, 1.82) is 0 Å². The maximum absolute atomic E-state index is 12.2. The van der Waals surface area contributed by atoms with E-state index in [-0.39, 0.29) is 0 Å². The van der Waals surface area contributed by atoms with Gasteiger partial charge in [0.05, 0.1) is 4.90 Å². The molecule has 0 atom stereocenters. The number of hydrogen-bond donors (Lipinski definition) is 0.